The monoisotopic (exact) mass is 311 g/mol. The molecule has 0 heterocycles. The lowest BCUT2D eigenvalue weighted by molar-refractivity contribution is 0.572. The van der Waals surface area contributed by atoms with Crippen LogP contribution in [-0.2, 0) is 0 Å². The topological polar surface area (TPSA) is 26.0 Å². The second-order valence-corrected chi connectivity index (χ2v) is 5.03. The van der Waals surface area contributed by atoms with Gasteiger partial charge in [-0.25, -0.2) is 8.78 Å². The van der Waals surface area contributed by atoms with Crippen molar-refractivity contribution in [2.24, 2.45) is 5.73 Å². The minimum Gasteiger partial charge on any atom is -0.320 e. The van der Waals surface area contributed by atoms with Gasteiger partial charge in [-0.1, -0.05) is 29.8 Å². The maximum Gasteiger partial charge on any atom is 0.137 e. The number of aryl methyl sites for hydroxylation is 1. The molecular formula is C14H12BrF2N. The fourth-order valence-electron chi connectivity index (χ4n) is 1.82. The quantitative estimate of drug-likeness (QED) is 0.831. The largest absolute Gasteiger partial charge is 0.320 e. The molecule has 2 rings (SSSR count). The van der Waals surface area contributed by atoms with E-state index >= 15 is 0 Å². The smallest absolute Gasteiger partial charge is 0.137 e. The van der Waals surface area contributed by atoms with Crippen LogP contribution < -0.4 is 5.73 Å². The van der Waals surface area contributed by atoms with E-state index in [1.165, 1.54) is 0 Å². The Morgan fingerprint density at radius 2 is 1.83 bits per heavy atom. The molecule has 0 fully saturated rings. The third-order valence-electron chi connectivity index (χ3n) is 2.78. The number of rotatable bonds is 2. The van der Waals surface area contributed by atoms with Crippen LogP contribution in [-0.4, -0.2) is 0 Å². The molecule has 0 radical (unpaired) electrons. The summed E-state index contributed by atoms with van der Waals surface area (Å²) in [4.78, 5) is 0. The van der Waals surface area contributed by atoms with E-state index in [0.717, 1.165) is 23.3 Å². The summed E-state index contributed by atoms with van der Waals surface area (Å²) in [7, 11) is 0. The van der Waals surface area contributed by atoms with Crippen molar-refractivity contribution in [2.45, 2.75) is 13.0 Å². The van der Waals surface area contributed by atoms with Crippen LogP contribution in [0, 0.1) is 18.6 Å². The molecule has 18 heavy (non-hydrogen) atoms. The van der Waals surface area contributed by atoms with E-state index in [2.05, 4.69) is 15.9 Å². The maximum absolute atomic E-state index is 13.8. The summed E-state index contributed by atoms with van der Waals surface area (Å²) in [5.74, 6) is -1.04. The van der Waals surface area contributed by atoms with E-state index in [9.17, 15) is 8.78 Å². The highest BCUT2D eigenvalue weighted by Gasteiger charge is 2.16. The highest BCUT2D eigenvalue weighted by molar-refractivity contribution is 9.10. The van der Waals surface area contributed by atoms with Crippen molar-refractivity contribution in [1.29, 1.82) is 0 Å². The van der Waals surface area contributed by atoms with Crippen LogP contribution in [0.5, 0.6) is 0 Å². The van der Waals surface area contributed by atoms with E-state index in [4.69, 9.17) is 5.73 Å². The lowest BCUT2D eigenvalue weighted by Gasteiger charge is -2.14. The van der Waals surface area contributed by atoms with Gasteiger partial charge < -0.3 is 5.73 Å². The summed E-state index contributed by atoms with van der Waals surface area (Å²) >= 11 is 2.94. The van der Waals surface area contributed by atoms with E-state index in [1.54, 1.807) is 6.07 Å². The lowest BCUT2D eigenvalue weighted by atomic mass is 9.98. The molecule has 1 nitrogen and oxygen atoms in total. The minimum atomic E-state index is -0.674. The van der Waals surface area contributed by atoms with Gasteiger partial charge in [0.25, 0.3) is 0 Å². The highest BCUT2D eigenvalue weighted by atomic mass is 79.9. The Morgan fingerprint density at radius 1 is 1.11 bits per heavy atom. The second kappa shape index (κ2) is 5.16. The molecule has 0 spiro atoms. The van der Waals surface area contributed by atoms with Gasteiger partial charge in [0.15, 0.2) is 0 Å². The van der Waals surface area contributed by atoms with Gasteiger partial charge in [0.1, 0.15) is 11.6 Å². The van der Waals surface area contributed by atoms with Crippen molar-refractivity contribution >= 4 is 15.9 Å². The van der Waals surface area contributed by atoms with E-state index < -0.39 is 17.7 Å². The van der Waals surface area contributed by atoms with Gasteiger partial charge in [-0.05, 0) is 40.5 Å². The number of benzene rings is 2. The lowest BCUT2D eigenvalue weighted by Crippen LogP contribution is -2.14. The Morgan fingerprint density at radius 3 is 2.50 bits per heavy atom. The molecule has 0 aromatic heterocycles. The molecule has 0 aliphatic heterocycles. The SMILES string of the molecule is Cc1cccc(C(N)c2cc(F)c(Br)cc2F)c1. The van der Waals surface area contributed by atoms with Gasteiger partial charge in [0.05, 0.1) is 10.5 Å². The molecule has 1 atom stereocenters. The van der Waals surface area contributed by atoms with Crippen molar-refractivity contribution in [3.05, 3.63) is 69.2 Å². The first-order valence-corrected chi connectivity index (χ1v) is 6.25. The molecule has 2 aromatic carbocycles. The van der Waals surface area contributed by atoms with Crippen molar-refractivity contribution in [2.75, 3.05) is 0 Å². The van der Waals surface area contributed by atoms with Crippen LogP contribution in [0.3, 0.4) is 0 Å². The predicted molar refractivity (Wildman–Crippen MR) is 71.3 cm³/mol. The highest BCUT2D eigenvalue weighted by Crippen LogP contribution is 2.27. The minimum absolute atomic E-state index is 0.0974. The van der Waals surface area contributed by atoms with Crippen LogP contribution >= 0.6 is 15.9 Å². The zero-order chi connectivity index (χ0) is 13.3. The summed E-state index contributed by atoms with van der Waals surface area (Å²) < 4.78 is 27.3. The Hall–Kier alpha value is -1.26. The summed E-state index contributed by atoms with van der Waals surface area (Å²) in [6.07, 6.45) is 0. The molecule has 0 amide bonds. The van der Waals surface area contributed by atoms with Gasteiger partial charge in [0.2, 0.25) is 0 Å². The molecule has 94 valence electrons. The Balaban J connectivity index is 2.46. The van der Waals surface area contributed by atoms with E-state index in [0.29, 0.717) is 0 Å². The number of hydrogen-bond acceptors (Lipinski definition) is 1. The average Bonchev–Trinajstić information content (AvgIpc) is 2.33. The van der Waals surface area contributed by atoms with Crippen molar-refractivity contribution in [1.82, 2.24) is 0 Å². The molecule has 1 unspecified atom stereocenters. The standard InChI is InChI=1S/C14H12BrF2N/c1-8-3-2-4-9(5-8)14(18)10-6-13(17)11(15)7-12(10)16/h2-7,14H,18H2,1H3. The zero-order valence-corrected chi connectivity index (χ0v) is 11.3. The van der Waals surface area contributed by atoms with E-state index in [1.807, 2.05) is 25.1 Å². The third kappa shape index (κ3) is 2.60. The molecule has 2 N–H and O–H groups in total. The van der Waals surface area contributed by atoms with Gasteiger partial charge in [-0.15, -0.1) is 0 Å². The van der Waals surface area contributed by atoms with Crippen molar-refractivity contribution < 1.29 is 8.78 Å². The number of nitrogens with two attached hydrogens (primary N) is 1. The number of halogens is 3. The van der Waals surface area contributed by atoms with E-state index in [-0.39, 0.29) is 10.0 Å². The Bertz CT molecular complexity index is 584. The van der Waals surface area contributed by atoms with Crippen LogP contribution in [0.2, 0.25) is 0 Å². The summed E-state index contributed by atoms with van der Waals surface area (Å²) in [5.41, 5.74) is 7.93. The van der Waals surface area contributed by atoms with Crippen molar-refractivity contribution in [3.8, 4) is 0 Å². The molecule has 0 aliphatic rings. The second-order valence-electron chi connectivity index (χ2n) is 4.18. The summed E-state index contributed by atoms with van der Waals surface area (Å²) in [6, 6.07) is 8.99. The molecular weight excluding hydrogens is 300 g/mol. The van der Waals surface area contributed by atoms with Crippen molar-refractivity contribution in [3.63, 3.8) is 0 Å². The summed E-state index contributed by atoms with van der Waals surface area (Å²) in [6.45, 7) is 1.93. The van der Waals surface area contributed by atoms with Gasteiger partial charge in [-0.2, -0.15) is 0 Å². The molecule has 0 aliphatic carbocycles. The summed E-state index contributed by atoms with van der Waals surface area (Å²) in [5, 5.41) is 0. The van der Waals surface area contributed by atoms with Gasteiger partial charge >= 0.3 is 0 Å². The number of hydrogen-bond donors (Lipinski definition) is 1. The van der Waals surface area contributed by atoms with Gasteiger partial charge in [-0.3, -0.25) is 0 Å². The van der Waals surface area contributed by atoms with Crippen LogP contribution in [0.4, 0.5) is 8.78 Å². The first-order valence-electron chi connectivity index (χ1n) is 5.45. The molecule has 0 saturated carbocycles. The van der Waals surface area contributed by atoms with Crippen LogP contribution in [0.1, 0.15) is 22.7 Å². The fourth-order valence-corrected chi connectivity index (χ4v) is 2.13. The zero-order valence-electron chi connectivity index (χ0n) is 9.75. The predicted octanol–water partition coefficient (Wildman–Crippen LogP) is 4.08. The fraction of sp³-hybridized carbons (Fsp3) is 0.143. The molecule has 0 saturated heterocycles. The molecule has 2 aromatic rings. The normalized spacial score (nSPS) is 12.5. The first-order chi connectivity index (χ1) is 8.49. The molecule has 4 heteroatoms. The maximum atomic E-state index is 13.8. The van der Waals surface area contributed by atoms with Gasteiger partial charge in [0, 0.05) is 5.56 Å². The van der Waals surface area contributed by atoms with Crippen LogP contribution in [0.25, 0.3) is 0 Å². The van der Waals surface area contributed by atoms with Crippen LogP contribution in [0.15, 0.2) is 40.9 Å². The third-order valence-corrected chi connectivity index (χ3v) is 3.38. The average molecular weight is 312 g/mol. The first kappa shape index (κ1) is 13.2. The Labute approximate surface area is 113 Å². The molecule has 0 bridgehead atoms. The Kier molecular flexibility index (Phi) is 3.78.